The average molecular weight is 532 g/mol. The molecule has 5 aromatic rings. The normalized spacial score (nSPS) is 17.9. The minimum Gasteiger partial charge on any atom is -0.447 e. The molecule has 0 bridgehead atoms. The van der Waals surface area contributed by atoms with Crippen molar-refractivity contribution in [3.8, 4) is 5.69 Å². The van der Waals surface area contributed by atoms with Crippen LogP contribution in [0.25, 0.3) is 27.6 Å². The molecule has 10 heteroatoms. The SMILES string of the molecule is O=C(NCc1ncco1)[C@@H]1CC[C@@H](Cc2ncc3c(Br)nn(-c4ccc5ncccc5c4)c3n2)C1. The van der Waals surface area contributed by atoms with Crippen LogP contribution in [-0.2, 0) is 17.8 Å². The van der Waals surface area contributed by atoms with Crippen LogP contribution in [0.5, 0.6) is 0 Å². The number of halogens is 1. The first-order chi connectivity index (χ1) is 17.1. The molecule has 1 aromatic carbocycles. The van der Waals surface area contributed by atoms with Crippen molar-refractivity contribution in [2.24, 2.45) is 11.8 Å². The number of oxazole rings is 1. The zero-order chi connectivity index (χ0) is 23.8. The van der Waals surface area contributed by atoms with Crippen LogP contribution in [0, 0.1) is 11.8 Å². The summed E-state index contributed by atoms with van der Waals surface area (Å²) in [7, 11) is 0. The maximum Gasteiger partial charge on any atom is 0.223 e. The third-order valence-corrected chi connectivity index (χ3v) is 7.13. The maximum atomic E-state index is 12.6. The largest absolute Gasteiger partial charge is 0.447 e. The summed E-state index contributed by atoms with van der Waals surface area (Å²) in [6.45, 7) is 0.316. The Kier molecular flexibility index (Phi) is 5.73. The van der Waals surface area contributed by atoms with Crippen LogP contribution in [0.1, 0.15) is 31.0 Å². The molecule has 1 fully saturated rings. The molecule has 35 heavy (non-hydrogen) atoms. The Morgan fingerprint density at radius 3 is 3.00 bits per heavy atom. The number of hydrogen-bond donors (Lipinski definition) is 1. The van der Waals surface area contributed by atoms with Crippen molar-refractivity contribution >= 4 is 43.8 Å². The molecule has 0 aliphatic heterocycles. The third-order valence-electron chi connectivity index (χ3n) is 6.54. The predicted octanol–water partition coefficient (Wildman–Crippen LogP) is 4.39. The van der Waals surface area contributed by atoms with Crippen molar-refractivity contribution in [3.05, 3.63) is 71.5 Å². The van der Waals surface area contributed by atoms with Gasteiger partial charge in [0.05, 0.1) is 29.3 Å². The van der Waals surface area contributed by atoms with Gasteiger partial charge in [0.1, 0.15) is 16.7 Å². The molecule has 1 amide bonds. The lowest BCUT2D eigenvalue weighted by Gasteiger charge is -2.11. The van der Waals surface area contributed by atoms with Crippen LogP contribution in [0.15, 0.2) is 64.2 Å². The summed E-state index contributed by atoms with van der Waals surface area (Å²) in [6, 6.07) is 9.99. The average Bonchev–Trinajstić information content (AvgIpc) is 3.63. The summed E-state index contributed by atoms with van der Waals surface area (Å²) in [6.07, 6.45) is 10.1. The van der Waals surface area contributed by atoms with Gasteiger partial charge in [-0.25, -0.2) is 19.6 Å². The number of nitrogens with zero attached hydrogens (tertiary/aromatic N) is 6. The van der Waals surface area contributed by atoms with Crippen LogP contribution < -0.4 is 5.32 Å². The van der Waals surface area contributed by atoms with Crippen molar-refractivity contribution in [2.75, 3.05) is 0 Å². The van der Waals surface area contributed by atoms with Crippen molar-refractivity contribution in [2.45, 2.75) is 32.2 Å². The summed E-state index contributed by atoms with van der Waals surface area (Å²) in [5, 5.41) is 9.49. The molecule has 0 spiro atoms. The van der Waals surface area contributed by atoms with Gasteiger partial charge in [0.2, 0.25) is 11.8 Å². The fraction of sp³-hybridized carbons (Fsp3) is 0.280. The smallest absolute Gasteiger partial charge is 0.223 e. The van der Waals surface area contributed by atoms with Gasteiger partial charge >= 0.3 is 0 Å². The number of rotatable bonds is 6. The second kappa shape index (κ2) is 9.18. The summed E-state index contributed by atoms with van der Waals surface area (Å²) >= 11 is 3.55. The van der Waals surface area contributed by atoms with Gasteiger partial charge in [-0.3, -0.25) is 9.78 Å². The van der Waals surface area contributed by atoms with E-state index in [2.05, 4.69) is 47.4 Å². The van der Waals surface area contributed by atoms with Crippen molar-refractivity contribution < 1.29 is 9.21 Å². The molecule has 1 aliphatic carbocycles. The van der Waals surface area contributed by atoms with E-state index in [1.54, 1.807) is 12.4 Å². The highest BCUT2D eigenvalue weighted by Gasteiger charge is 2.30. The first-order valence-corrected chi connectivity index (χ1v) is 12.3. The Balaban J connectivity index is 1.19. The first-order valence-electron chi connectivity index (χ1n) is 11.6. The highest BCUT2D eigenvalue weighted by molar-refractivity contribution is 9.10. The van der Waals surface area contributed by atoms with Gasteiger partial charge in [-0.15, -0.1) is 0 Å². The molecule has 4 aromatic heterocycles. The van der Waals surface area contributed by atoms with Crippen LogP contribution in [0.2, 0.25) is 0 Å². The number of benzene rings is 1. The number of carbonyl (C=O) groups excluding carboxylic acids is 1. The van der Waals surface area contributed by atoms with Gasteiger partial charge in [0.15, 0.2) is 5.65 Å². The number of aromatic nitrogens is 6. The second-order valence-electron chi connectivity index (χ2n) is 8.83. The van der Waals surface area contributed by atoms with Crippen LogP contribution in [0.4, 0.5) is 0 Å². The molecule has 1 saturated carbocycles. The van der Waals surface area contributed by atoms with Gasteiger partial charge in [-0.1, -0.05) is 6.07 Å². The van der Waals surface area contributed by atoms with E-state index in [0.717, 1.165) is 59.1 Å². The van der Waals surface area contributed by atoms with Gasteiger partial charge in [0, 0.05) is 30.1 Å². The Labute approximate surface area is 209 Å². The molecule has 0 saturated heterocycles. The van der Waals surface area contributed by atoms with Crippen molar-refractivity contribution in [1.29, 1.82) is 0 Å². The third kappa shape index (κ3) is 4.41. The Hall–Kier alpha value is -3.66. The van der Waals surface area contributed by atoms with E-state index >= 15 is 0 Å². The van der Waals surface area contributed by atoms with E-state index in [9.17, 15) is 4.79 Å². The zero-order valence-corrected chi connectivity index (χ0v) is 20.4. The van der Waals surface area contributed by atoms with Gasteiger partial charge in [-0.2, -0.15) is 5.10 Å². The topological polar surface area (TPSA) is 112 Å². The molecule has 1 aliphatic rings. The Morgan fingerprint density at radius 1 is 1.17 bits per heavy atom. The van der Waals surface area contributed by atoms with E-state index < -0.39 is 0 Å². The molecule has 2 atom stereocenters. The summed E-state index contributed by atoms with van der Waals surface area (Å²) in [5.41, 5.74) is 2.60. The fourth-order valence-corrected chi connectivity index (χ4v) is 5.22. The number of hydrogen-bond acceptors (Lipinski definition) is 7. The predicted molar refractivity (Wildman–Crippen MR) is 133 cm³/mol. The molecule has 176 valence electrons. The molecular formula is C25H22BrN7O2. The van der Waals surface area contributed by atoms with Crippen LogP contribution >= 0.6 is 15.9 Å². The first kappa shape index (κ1) is 21.8. The summed E-state index contributed by atoms with van der Waals surface area (Å²) in [4.78, 5) is 30.5. The lowest BCUT2D eigenvalue weighted by Crippen LogP contribution is -2.29. The zero-order valence-electron chi connectivity index (χ0n) is 18.8. The Bertz CT molecular complexity index is 1520. The highest BCUT2D eigenvalue weighted by atomic mass is 79.9. The summed E-state index contributed by atoms with van der Waals surface area (Å²) < 4.78 is 7.73. The second-order valence-corrected chi connectivity index (χ2v) is 9.58. The number of nitrogens with one attached hydrogen (secondary N) is 1. The molecule has 9 nitrogen and oxygen atoms in total. The number of amides is 1. The lowest BCUT2D eigenvalue weighted by atomic mass is 10.0. The highest BCUT2D eigenvalue weighted by Crippen LogP contribution is 2.33. The van der Waals surface area contributed by atoms with E-state index in [1.165, 1.54) is 6.26 Å². The standard InChI is InChI=1S/C25H22BrN7O2/c26-23-19-13-29-21(11-15-3-4-17(10-15)25(34)30-14-22-28-8-9-35-22)31-24(19)33(32-23)18-5-6-20-16(12-18)2-1-7-27-20/h1-2,5-9,12-13,15,17H,3-4,10-11,14H2,(H,30,34)/t15-,17-/m1/s1. The van der Waals surface area contributed by atoms with Crippen LogP contribution in [0.3, 0.4) is 0 Å². The molecule has 0 unspecified atom stereocenters. The quantitative estimate of drug-likeness (QED) is 0.345. The van der Waals surface area contributed by atoms with E-state index in [-0.39, 0.29) is 11.8 Å². The number of carbonyl (C=O) groups is 1. The van der Waals surface area contributed by atoms with Crippen molar-refractivity contribution in [3.63, 3.8) is 0 Å². The molecule has 6 rings (SSSR count). The molecule has 4 heterocycles. The maximum absolute atomic E-state index is 12.6. The van der Waals surface area contributed by atoms with Crippen LogP contribution in [-0.4, -0.2) is 35.6 Å². The van der Waals surface area contributed by atoms with Gasteiger partial charge in [-0.05, 0) is 65.4 Å². The molecule has 0 radical (unpaired) electrons. The number of pyridine rings is 1. The Morgan fingerprint density at radius 2 is 2.11 bits per heavy atom. The summed E-state index contributed by atoms with van der Waals surface area (Å²) in [5.74, 6) is 1.68. The molecular weight excluding hydrogens is 510 g/mol. The van der Waals surface area contributed by atoms with Crippen molar-refractivity contribution in [1.82, 2.24) is 35.0 Å². The van der Waals surface area contributed by atoms with E-state index in [0.29, 0.717) is 23.0 Å². The van der Waals surface area contributed by atoms with Gasteiger partial charge in [0.25, 0.3) is 0 Å². The fourth-order valence-electron chi connectivity index (χ4n) is 4.78. The molecule has 1 N–H and O–H groups in total. The minimum absolute atomic E-state index is 0.00965. The van der Waals surface area contributed by atoms with Gasteiger partial charge < -0.3 is 9.73 Å². The number of fused-ring (bicyclic) bond motifs is 2. The van der Waals surface area contributed by atoms with E-state index in [1.807, 2.05) is 35.1 Å². The minimum atomic E-state index is -0.00965. The lowest BCUT2D eigenvalue weighted by molar-refractivity contribution is -0.125. The van der Waals surface area contributed by atoms with E-state index in [4.69, 9.17) is 9.40 Å². The monoisotopic (exact) mass is 531 g/mol.